The quantitative estimate of drug-likeness (QED) is 0.650. The number of hydrogen-bond donors (Lipinski definition) is 1. The predicted molar refractivity (Wildman–Crippen MR) is 41.1 cm³/mol. The molecular weight excluding hydrogens is 156 g/mol. The Morgan fingerprint density at radius 3 is 2.75 bits per heavy atom. The highest BCUT2D eigenvalue weighted by molar-refractivity contribution is 5.76. The van der Waals surface area contributed by atoms with Crippen molar-refractivity contribution in [2.24, 2.45) is 0 Å². The monoisotopic (exact) mass is 162 g/mol. The topological polar surface area (TPSA) is 63.6 Å². The Labute approximate surface area is 68.0 Å². The molecule has 2 rings (SSSR count). The maximum atomic E-state index is 10.4. The van der Waals surface area contributed by atoms with Crippen LogP contribution in [0.2, 0.25) is 0 Å². The molecule has 0 unspecified atom stereocenters. The van der Waals surface area contributed by atoms with Crippen LogP contribution in [-0.2, 0) is 0 Å². The maximum Gasteiger partial charge on any atom is 0.189 e. The number of H-pyrrole nitrogens is 1. The van der Waals surface area contributed by atoms with Gasteiger partial charge in [-0.3, -0.25) is 4.79 Å². The van der Waals surface area contributed by atoms with Crippen LogP contribution < -0.4 is 0 Å². The molecule has 0 aliphatic heterocycles. The van der Waals surface area contributed by atoms with E-state index < -0.39 is 0 Å². The molecule has 12 heavy (non-hydrogen) atoms. The minimum absolute atomic E-state index is 0.311. The lowest BCUT2D eigenvalue weighted by Gasteiger charge is -1.94. The van der Waals surface area contributed by atoms with Gasteiger partial charge in [-0.05, 0) is 12.1 Å². The Hall–Kier alpha value is -1.91. The van der Waals surface area contributed by atoms with Crippen LogP contribution in [0, 0.1) is 0 Å². The van der Waals surface area contributed by atoms with E-state index in [-0.39, 0.29) is 0 Å². The van der Waals surface area contributed by atoms with Crippen molar-refractivity contribution in [2.45, 2.75) is 0 Å². The molecule has 0 spiro atoms. The zero-order valence-corrected chi connectivity index (χ0v) is 6.14. The van der Waals surface area contributed by atoms with Gasteiger partial charge in [-0.1, -0.05) is 0 Å². The van der Waals surface area contributed by atoms with E-state index in [4.69, 9.17) is 0 Å². The molecule has 2 heterocycles. The van der Waals surface area contributed by atoms with E-state index in [1.807, 2.05) is 12.1 Å². The van der Waals surface area contributed by atoms with Crippen molar-refractivity contribution in [1.82, 2.24) is 20.0 Å². The van der Waals surface area contributed by atoms with Gasteiger partial charge in [0.2, 0.25) is 0 Å². The average Bonchev–Trinajstić information content (AvgIpc) is 2.74. The fraction of sp³-hybridized carbons (Fsp3) is 0. The molecule has 0 atom stereocenters. The van der Waals surface area contributed by atoms with E-state index in [0.717, 1.165) is 0 Å². The highest BCUT2D eigenvalue weighted by atomic mass is 16.1. The van der Waals surface area contributed by atoms with Crippen LogP contribution in [0.1, 0.15) is 10.5 Å². The van der Waals surface area contributed by atoms with E-state index in [1.54, 1.807) is 17.0 Å². The van der Waals surface area contributed by atoms with Crippen molar-refractivity contribution in [3.8, 4) is 5.82 Å². The van der Waals surface area contributed by atoms with Crippen molar-refractivity contribution in [1.29, 1.82) is 0 Å². The maximum absolute atomic E-state index is 10.4. The summed E-state index contributed by atoms with van der Waals surface area (Å²) in [5, 5.41) is 9.88. The third-order valence-electron chi connectivity index (χ3n) is 1.52. The molecule has 0 radical (unpaired) electrons. The average molecular weight is 162 g/mol. The number of carbonyl (C=O) groups excluding carboxylic acids is 1. The molecule has 0 saturated carbocycles. The van der Waals surface area contributed by atoms with Gasteiger partial charge >= 0.3 is 0 Å². The number of aldehydes is 1. The van der Waals surface area contributed by atoms with Gasteiger partial charge in [-0.25, -0.2) is 0 Å². The molecule has 60 valence electrons. The first-order valence-corrected chi connectivity index (χ1v) is 3.41. The number of aromatic amines is 1. The Kier molecular flexibility index (Phi) is 1.48. The van der Waals surface area contributed by atoms with Crippen molar-refractivity contribution < 1.29 is 4.79 Å². The van der Waals surface area contributed by atoms with Crippen molar-refractivity contribution >= 4 is 6.29 Å². The fourth-order valence-electron chi connectivity index (χ4n) is 0.978. The second-order valence-electron chi connectivity index (χ2n) is 2.24. The first kappa shape index (κ1) is 6.78. The molecule has 0 saturated heterocycles. The molecule has 0 bridgehead atoms. The first-order chi connectivity index (χ1) is 5.92. The lowest BCUT2D eigenvalue weighted by molar-refractivity contribution is 0.111. The molecule has 0 aliphatic carbocycles. The largest absolute Gasteiger partial charge is 0.305 e. The standard InChI is InChI=1S/C7H6N4O/c12-5-6-7(9-10-8-6)11-3-1-2-4-11/h1-5H,(H,8,9,10). The second kappa shape index (κ2) is 2.61. The number of nitrogens with zero attached hydrogens (tertiary/aromatic N) is 3. The Bertz CT molecular complexity index is 376. The minimum Gasteiger partial charge on any atom is -0.305 e. The Morgan fingerprint density at radius 2 is 2.08 bits per heavy atom. The number of hydrogen-bond acceptors (Lipinski definition) is 3. The summed E-state index contributed by atoms with van der Waals surface area (Å²) in [6.07, 6.45) is 4.26. The number of carbonyl (C=O) groups is 1. The van der Waals surface area contributed by atoms with Gasteiger partial charge in [-0.15, -0.1) is 5.10 Å². The summed E-state index contributed by atoms with van der Waals surface area (Å²) in [6.45, 7) is 0. The molecule has 0 aromatic carbocycles. The van der Waals surface area contributed by atoms with E-state index >= 15 is 0 Å². The predicted octanol–water partition coefficient (Wildman–Crippen LogP) is 0.408. The summed E-state index contributed by atoms with van der Waals surface area (Å²) < 4.78 is 1.72. The van der Waals surface area contributed by atoms with Crippen LogP contribution in [0.4, 0.5) is 0 Å². The summed E-state index contributed by atoms with van der Waals surface area (Å²) in [6, 6.07) is 3.70. The number of rotatable bonds is 2. The summed E-state index contributed by atoms with van der Waals surface area (Å²) in [5.41, 5.74) is 0.311. The molecular formula is C7H6N4O. The lowest BCUT2D eigenvalue weighted by Crippen LogP contribution is -1.94. The molecule has 5 nitrogen and oxygen atoms in total. The highest BCUT2D eigenvalue weighted by Crippen LogP contribution is 2.05. The van der Waals surface area contributed by atoms with E-state index in [1.165, 1.54) is 0 Å². The minimum atomic E-state index is 0.311. The zero-order chi connectivity index (χ0) is 8.39. The van der Waals surface area contributed by atoms with Crippen LogP contribution in [0.15, 0.2) is 24.5 Å². The SMILES string of the molecule is O=Cc1n[nH]nc1-n1cccc1. The van der Waals surface area contributed by atoms with Crippen LogP contribution in [-0.4, -0.2) is 26.3 Å². The summed E-state index contributed by atoms with van der Waals surface area (Å²) in [5.74, 6) is 0.523. The third kappa shape index (κ3) is 0.914. The fourth-order valence-corrected chi connectivity index (χ4v) is 0.978. The van der Waals surface area contributed by atoms with Crippen molar-refractivity contribution in [2.75, 3.05) is 0 Å². The van der Waals surface area contributed by atoms with Gasteiger partial charge < -0.3 is 4.57 Å². The number of aromatic nitrogens is 4. The van der Waals surface area contributed by atoms with E-state index in [2.05, 4.69) is 15.4 Å². The molecule has 0 aliphatic rings. The van der Waals surface area contributed by atoms with Crippen molar-refractivity contribution in [3.05, 3.63) is 30.2 Å². The normalized spacial score (nSPS) is 10.0. The van der Waals surface area contributed by atoms with E-state index in [9.17, 15) is 4.79 Å². The molecule has 1 N–H and O–H groups in total. The molecule has 5 heteroatoms. The van der Waals surface area contributed by atoms with Gasteiger partial charge in [0, 0.05) is 12.4 Å². The van der Waals surface area contributed by atoms with Gasteiger partial charge in [0.25, 0.3) is 0 Å². The Balaban J connectivity index is 2.53. The van der Waals surface area contributed by atoms with Crippen LogP contribution >= 0.6 is 0 Å². The Morgan fingerprint density at radius 1 is 1.33 bits per heavy atom. The summed E-state index contributed by atoms with van der Waals surface area (Å²) >= 11 is 0. The van der Waals surface area contributed by atoms with Crippen LogP contribution in [0.25, 0.3) is 5.82 Å². The smallest absolute Gasteiger partial charge is 0.189 e. The zero-order valence-electron chi connectivity index (χ0n) is 6.14. The molecule has 2 aromatic heterocycles. The molecule has 0 fully saturated rings. The molecule has 2 aromatic rings. The van der Waals surface area contributed by atoms with Gasteiger partial charge in [-0.2, -0.15) is 10.3 Å². The second-order valence-corrected chi connectivity index (χ2v) is 2.24. The van der Waals surface area contributed by atoms with E-state index in [0.29, 0.717) is 17.8 Å². The summed E-state index contributed by atoms with van der Waals surface area (Å²) in [7, 11) is 0. The number of nitrogens with one attached hydrogen (secondary N) is 1. The lowest BCUT2D eigenvalue weighted by atomic mass is 10.5. The summed E-state index contributed by atoms with van der Waals surface area (Å²) in [4.78, 5) is 10.4. The highest BCUT2D eigenvalue weighted by Gasteiger charge is 2.06. The molecule has 0 amide bonds. The van der Waals surface area contributed by atoms with Gasteiger partial charge in [0.1, 0.15) is 0 Å². The van der Waals surface area contributed by atoms with Gasteiger partial charge in [0.05, 0.1) is 0 Å². The first-order valence-electron chi connectivity index (χ1n) is 3.41. The van der Waals surface area contributed by atoms with Crippen LogP contribution in [0.3, 0.4) is 0 Å². The third-order valence-corrected chi connectivity index (χ3v) is 1.52. The van der Waals surface area contributed by atoms with Crippen molar-refractivity contribution in [3.63, 3.8) is 0 Å². The van der Waals surface area contributed by atoms with Gasteiger partial charge in [0.15, 0.2) is 17.8 Å². The van der Waals surface area contributed by atoms with Crippen LogP contribution in [0.5, 0.6) is 0 Å².